The highest BCUT2D eigenvalue weighted by Gasteiger charge is 2.16. The molecule has 6 rings (SSSR count). The van der Waals surface area contributed by atoms with E-state index in [0.717, 1.165) is 55.6 Å². The van der Waals surface area contributed by atoms with Crippen LogP contribution in [0, 0.1) is 5.82 Å². The quantitative estimate of drug-likeness (QED) is 0.263. The first-order valence-electron chi connectivity index (χ1n) is 11.5. The average molecular weight is 463 g/mol. The minimum Gasteiger partial charge on any atom is -0.382 e. The zero-order valence-corrected chi connectivity index (χ0v) is 19.3. The van der Waals surface area contributed by atoms with Crippen LogP contribution in [0.15, 0.2) is 79.1 Å². The number of halogens is 1. The van der Waals surface area contributed by atoms with Crippen molar-refractivity contribution < 1.29 is 4.39 Å². The van der Waals surface area contributed by atoms with Crippen LogP contribution in [-0.2, 0) is 0 Å². The van der Waals surface area contributed by atoms with Crippen molar-refractivity contribution in [3.05, 3.63) is 84.9 Å². The molecule has 3 N–H and O–H groups in total. The predicted molar refractivity (Wildman–Crippen MR) is 139 cm³/mol. The van der Waals surface area contributed by atoms with E-state index in [1.807, 2.05) is 36.7 Å². The molecule has 35 heavy (non-hydrogen) atoms. The standard InChI is InChI=1S/C28H23FN6/c1-16(2)31-21-12-19(14-30-15-21)18-8-11-24-23(13-18)27(35-34-24)28-32-25-5-3-4-22(26(25)33-28)17-6-9-20(29)10-7-17/h3-16,31H,1-2H3,(H,32,33)(H,34,35). The van der Waals surface area contributed by atoms with Gasteiger partial charge in [-0.15, -0.1) is 0 Å². The number of aromatic amines is 2. The van der Waals surface area contributed by atoms with Crippen LogP contribution in [0.5, 0.6) is 0 Å². The van der Waals surface area contributed by atoms with Crippen molar-refractivity contribution in [2.75, 3.05) is 5.32 Å². The molecule has 0 unspecified atom stereocenters. The van der Waals surface area contributed by atoms with Crippen molar-refractivity contribution in [3.8, 4) is 33.8 Å². The van der Waals surface area contributed by atoms with Crippen molar-refractivity contribution in [3.63, 3.8) is 0 Å². The number of H-pyrrole nitrogens is 2. The van der Waals surface area contributed by atoms with Crippen molar-refractivity contribution in [2.24, 2.45) is 0 Å². The number of aromatic nitrogens is 5. The number of benzene rings is 3. The number of imidazole rings is 1. The molecule has 0 radical (unpaired) electrons. The molecule has 6 aromatic rings. The fourth-order valence-electron chi connectivity index (χ4n) is 4.39. The van der Waals surface area contributed by atoms with Gasteiger partial charge in [-0.05, 0) is 61.4 Å². The second kappa shape index (κ2) is 8.36. The molecule has 0 aliphatic carbocycles. The van der Waals surface area contributed by atoms with E-state index in [-0.39, 0.29) is 5.82 Å². The van der Waals surface area contributed by atoms with Crippen LogP contribution in [0.1, 0.15) is 13.8 Å². The van der Waals surface area contributed by atoms with Gasteiger partial charge in [-0.3, -0.25) is 10.1 Å². The van der Waals surface area contributed by atoms with E-state index in [1.54, 1.807) is 12.1 Å². The van der Waals surface area contributed by atoms with Gasteiger partial charge in [0.1, 0.15) is 11.5 Å². The average Bonchev–Trinajstić information content (AvgIpc) is 3.48. The lowest BCUT2D eigenvalue weighted by Crippen LogP contribution is -2.09. The molecular weight excluding hydrogens is 439 g/mol. The molecule has 0 saturated heterocycles. The highest BCUT2D eigenvalue weighted by Crippen LogP contribution is 2.33. The summed E-state index contributed by atoms with van der Waals surface area (Å²) in [6.07, 6.45) is 3.70. The van der Waals surface area contributed by atoms with Gasteiger partial charge in [0.15, 0.2) is 5.82 Å². The first-order chi connectivity index (χ1) is 17.0. The van der Waals surface area contributed by atoms with Crippen molar-refractivity contribution in [1.29, 1.82) is 0 Å². The van der Waals surface area contributed by atoms with Crippen LogP contribution < -0.4 is 5.32 Å². The second-order valence-corrected chi connectivity index (χ2v) is 8.89. The van der Waals surface area contributed by atoms with E-state index in [2.05, 4.69) is 57.5 Å². The Kier molecular flexibility index (Phi) is 5.03. The van der Waals surface area contributed by atoms with Crippen molar-refractivity contribution >= 4 is 27.6 Å². The zero-order valence-electron chi connectivity index (χ0n) is 19.3. The summed E-state index contributed by atoms with van der Waals surface area (Å²) in [6.45, 7) is 4.20. The summed E-state index contributed by atoms with van der Waals surface area (Å²) >= 11 is 0. The minimum atomic E-state index is -0.261. The normalized spacial score (nSPS) is 11.5. The number of nitrogens with one attached hydrogen (secondary N) is 3. The Bertz CT molecular complexity index is 1660. The lowest BCUT2D eigenvalue weighted by atomic mass is 10.0. The summed E-state index contributed by atoms with van der Waals surface area (Å²) in [6, 6.07) is 21.0. The number of anilines is 1. The summed E-state index contributed by atoms with van der Waals surface area (Å²) in [5.41, 5.74) is 8.27. The molecule has 0 aliphatic heterocycles. The largest absolute Gasteiger partial charge is 0.382 e. The Balaban J connectivity index is 1.44. The number of para-hydroxylation sites is 1. The number of hydrogen-bond donors (Lipinski definition) is 3. The SMILES string of the molecule is CC(C)Nc1cncc(-c2ccc3[nH]nc(-c4nc5c(-c6ccc(F)cc6)cccc5[nH]4)c3c2)c1. The van der Waals surface area contributed by atoms with Gasteiger partial charge < -0.3 is 10.3 Å². The molecule has 7 heteroatoms. The van der Waals surface area contributed by atoms with E-state index in [9.17, 15) is 4.39 Å². The Hall–Kier alpha value is -4.52. The maximum atomic E-state index is 13.4. The van der Waals surface area contributed by atoms with Gasteiger partial charge in [0.05, 0.1) is 22.2 Å². The summed E-state index contributed by atoms with van der Waals surface area (Å²) in [7, 11) is 0. The van der Waals surface area contributed by atoms with Gasteiger partial charge in [-0.2, -0.15) is 5.10 Å². The van der Waals surface area contributed by atoms with Gasteiger partial charge in [0.2, 0.25) is 0 Å². The predicted octanol–water partition coefficient (Wildman–Crippen LogP) is 6.79. The maximum absolute atomic E-state index is 13.4. The number of rotatable bonds is 5. The highest BCUT2D eigenvalue weighted by atomic mass is 19.1. The molecular formula is C28H23FN6. The van der Waals surface area contributed by atoms with Crippen LogP contribution in [0.25, 0.3) is 55.7 Å². The summed E-state index contributed by atoms with van der Waals surface area (Å²) in [5.74, 6) is 0.412. The molecule has 0 atom stereocenters. The summed E-state index contributed by atoms with van der Waals surface area (Å²) in [5, 5.41) is 12.1. The van der Waals surface area contributed by atoms with Gasteiger partial charge in [0.25, 0.3) is 0 Å². The third-order valence-electron chi connectivity index (χ3n) is 5.98. The Morgan fingerprint density at radius 2 is 1.69 bits per heavy atom. The van der Waals surface area contributed by atoms with E-state index in [1.165, 1.54) is 12.1 Å². The van der Waals surface area contributed by atoms with E-state index in [0.29, 0.717) is 11.9 Å². The lowest BCUT2D eigenvalue weighted by Gasteiger charge is -2.11. The fraction of sp³-hybridized carbons (Fsp3) is 0.107. The molecule has 3 aromatic heterocycles. The van der Waals surface area contributed by atoms with E-state index < -0.39 is 0 Å². The van der Waals surface area contributed by atoms with Gasteiger partial charge in [-0.1, -0.05) is 30.3 Å². The first kappa shape index (κ1) is 21.0. The smallest absolute Gasteiger partial charge is 0.159 e. The number of fused-ring (bicyclic) bond motifs is 2. The van der Waals surface area contributed by atoms with Crippen LogP contribution >= 0.6 is 0 Å². The lowest BCUT2D eigenvalue weighted by molar-refractivity contribution is 0.628. The molecule has 0 saturated carbocycles. The van der Waals surface area contributed by atoms with Crippen LogP contribution in [-0.4, -0.2) is 31.2 Å². The van der Waals surface area contributed by atoms with Gasteiger partial charge in [-0.25, -0.2) is 9.37 Å². The second-order valence-electron chi connectivity index (χ2n) is 8.89. The third kappa shape index (κ3) is 3.91. The van der Waals surface area contributed by atoms with Gasteiger partial charge >= 0.3 is 0 Å². The van der Waals surface area contributed by atoms with Crippen LogP contribution in [0.3, 0.4) is 0 Å². The first-order valence-corrected chi connectivity index (χ1v) is 11.5. The van der Waals surface area contributed by atoms with Crippen molar-refractivity contribution in [2.45, 2.75) is 19.9 Å². The summed E-state index contributed by atoms with van der Waals surface area (Å²) < 4.78 is 13.4. The van der Waals surface area contributed by atoms with E-state index in [4.69, 9.17) is 4.98 Å². The number of nitrogens with zero attached hydrogens (tertiary/aromatic N) is 3. The molecule has 0 fully saturated rings. The molecule has 3 heterocycles. The van der Waals surface area contributed by atoms with Gasteiger partial charge in [0, 0.05) is 34.9 Å². The Labute approximate surface area is 201 Å². The Morgan fingerprint density at radius 1 is 0.857 bits per heavy atom. The van der Waals surface area contributed by atoms with Crippen LogP contribution in [0.2, 0.25) is 0 Å². The fourth-order valence-corrected chi connectivity index (χ4v) is 4.39. The number of hydrogen-bond acceptors (Lipinski definition) is 4. The molecule has 0 spiro atoms. The van der Waals surface area contributed by atoms with Crippen LogP contribution in [0.4, 0.5) is 10.1 Å². The molecule has 172 valence electrons. The highest BCUT2D eigenvalue weighted by molar-refractivity contribution is 5.98. The molecule has 0 bridgehead atoms. The van der Waals surface area contributed by atoms with Crippen molar-refractivity contribution in [1.82, 2.24) is 25.1 Å². The number of pyridine rings is 1. The molecule has 0 aliphatic rings. The molecule has 3 aromatic carbocycles. The third-order valence-corrected chi connectivity index (χ3v) is 5.98. The molecule has 6 nitrogen and oxygen atoms in total. The monoisotopic (exact) mass is 462 g/mol. The molecule has 0 amide bonds. The summed E-state index contributed by atoms with van der Waals surface area (Å²) in [4.78, 5) is 12.7. The van der Waals surface area contributed by atoms with E-state index >= 15 is 0 Å². The maximum Gasteiger partial charge on any atom is 0.159 e. The minimum absolute atomic E-state index is 0.261. The topological polar surface area (TPSA) is 82.3 Å². The zero-order chi connectivity index (χ0) is 23.9. The Morgan fingerprint density at radius 3 is 2.51 bits per heavy atom.